The second-order valence-corrected chi connectivity index (χ2v) is 8.14. The van der Waals surface area contributed by atoms with Crippen LogP contribution in [0, 0.1) is 0 Å². The van der Waals surface area contributed by atoms with Crippen LogP contribution < -0.4 is 15.5 Å². The fraction of sp³-hybridized carbons (Fsp3) is 0.185. The maximum absolute atomic E-state index is 12.0. The molecule has 8 nitrogen and oxygen atoms in total. The van der Waals surface area contributed by atoms with E-state index in [1.165, 1.54) is 6.08 Å². The fourth-order valence-electron chi connectivity index (χ4n) is 4.02. The van der Waals surface area contributed by atoms with Crippen molar-refractivity contribution in [1.29, 1.82) is 0 Å². The third-order valence-corrected chi connectivity index (χ3v) is 5.71. The number of anilines is 4. The number of ether oxygens (including phenoxy) is 1. The van der Waals surface area contributed by atoms with Gasteiger partial charge in [0.2, 0.25) is 11.9 Å². The van der Waals surface area contributed by atoms with Crippen LogP contribution in [0.4, 0.5) is 23.1 Å². The number of hydrogen-bond acceptors (Lipinski definition) is 7. The largest absolute Gasteiger partial charge is 0.378 e. The molecule has 1 saturated heterocycles. The highest BCUT2D eigenvalue weighted by molar-refractivity contribution is 6.00. The summed E-state index contributed by atoms with van der Waals surface area (Å²) in [6.45, 7) is 4.94. The molecule has 5 rings (SSSR count). The van der Waals surface area contributed by atoms with Crippen molar-refractivity contribution in [3.05, 3.63) is 79.1 Å². The van der Waals surface area contributed by atoms with Crippen LogP contribution >= 0.6 is 0 Å². The van der Waals surface area contributed by atoms with Gasteiger partial charge >= 0.3 is 0 Å². The average molecular weight is 467 g/mol. The van der Waals surface area contributed by atoms with Gasteiger partial charge in [0.05, 0.1) is 30.6 Å². The van der Waals surface area contributed by atoms with Gasteiger partial charge in [-0.15, -0.1) is 0 Å². The van der Waals surface area contributed by atoms with E-state index in [1.54, 1.807) is 18.5 Å². The number of rotatable bonds is 6. The van der Waals surface area contributed by atoms with Gasteiger partial charge in [-0.1, -0.05) is 36.4 Å². The van der Waals surface area contributed by atoms with E-state index in [1.807, 2.05) is 61.5 Å². The van der Waals surface area contributed by atoms with Gasteiger partial charge in [-0.05, 0) is 42.8 Å². The number of allylic oxidation sites excluding steroid dienone is 1. The van der Waals surface area contributed by atoms with Crippen molar-refractivity contribution in [3.63, 3.8) is 0 Å². The zero-order valence-corrected chi connectivity index (χ0v) is 19.4. The number of aromatic nitrogens is 3. The second kappa shape index (κ2) is 10.3. The lowest BCUT2D eigenvalue weighted by molar-refractivity contribution is -0.111. The Bertz CT molecular complexity index is 1360. The van der Waals surface area contributed by atoms with Crippen molar-refractivity contribution in [3.8, 4) is 11.1 Å². The Balaban J connectivity index is 1.40. The van der Waals surface area contributed by atoms with E-state index < -0.39 is 0 Å². The monoisotopic (exact) mass is 466 g/mol. The molecule has 0 unspecified atom stereocenters. The summed E-state index contributed by atoms with van der Waals surface area (Å²) >= 11 is 0. The molecule has 0 bridgehead atoms. The number of nitrogens with zero attached hydrogens (tertiary/aromatic N) is 4. The molecule has 35 heavy (non-hydrogen) atoms. The van der Waals surface area contributed by atoms with Gasteiger partial charge in [0.25, 0.3) is 0 Å². The molecule has 2 aromatic heterocycles. The number of pyridine rings is 1. The Hall–Kier alpha value is -4.30. The van der Waals surface area contributed by atoms with E-state index >= 15 is 0 Å². The predicted molar refractivity (Wildman–Crippen MR) is 139 cm³/mol. The summed E-state index contributed by atoms with van der Waals surface area (Å²) in [5.41, 5.74) is 4.26. The number of nitrogens with one attached hydrogen (secondary N) is 2. The first-order valence-electron chi connectivity index (χ1n) is 11.6. The third-order valence-electron chi connectivity index (χ3n) is 5.71. The van der Waals surface area contributed by atoms with Crippen LogP contribution in [0.25, 0.3) is 22.0 Å². The maximum atomic E-state index is 12.0. The van der Waals surface area contributed by atoms with Crippen molar-refractivity contribution in [2.24, 2.45) is 0 Å². The van der Waals surface area contributed by atoms with Gasteiger partial charge < -0.3 is 20.3 Å². The zero-order valence-electron chi connectivity index (χ0n) is 19.4. The molecular formula is C27H26N6O2. The van der Waals surface area contributed by atoms with Crippen molar-refractivity contribution < 1.29 is 9.53 Å². The van der Waals surface area contributed by atoms with E-state index in [4.69, 9.17) is 9.72 Å². The lowest BCUT2D eigenvalue weighted by atomic mass is 10.0. The van der Waals surface area contributed by atoms with E-state index in [0.717, 1.165) is 65.5 Å². The fourth-order valence-corrected chi connectivity index (χ4v) is 4.02. The molecule has 1 aliphatic rings. The van der Waals surface area contributed by atoms with Crippen LogP contribution in [0.15, 0.2) is 79.1 Å². The topological polar surface area (TPSA) is 92.3 Å². The van der Waals surface area contributed by atoms with Crippen molar-refractivity contribution in [2.75, 3.05) is 41.8 Å². The average Bonchev–Trinajstić information content (AvgIpc) is 2.89. The van der Waals surface area contributed by atoms with Crippen LogP contribution in [0.5, 0.6) is 0 Å². The van der Waals surface area contributed by atoms with Gasteiger partial charge in [-0.2, -0.15) is 0 Å². The van der Waals surface area contributed by atoms with E-state index in [-0.39, 0.29) is 5.91 Å². The first kappa shape index (κ1) is 22.5. The number of para-hydroxylation sites is 1. The molecule has 176 valence electrons. The Morgan fingerprint density at radius 1 is 1.00 bits per heavy atom. The van der Waals surface area contributed by atoms with Crippen molar-refractivity contribution >= 4 is 40.0 Å². The summed E-state index contributed by atoms with van der Waals surface area (Å²) in [5, 5.41) is 7.08. The summed E-state index contributed by atoms with van der Waals surface area (Å²) in [6, 6.07) is 17.7. The van der Waals surface area contributed by atoms with Gasteiger partial charge in [-0.3, -0.25) is 4.79 Å². The molecule has 2 N–H and O–H groups in total. The Morgan fingerprint density at radius 2 is 1.86 bits per heavy atom. The molecule has 1 aliphatic heterocycles. The molecular weight excluding hydrogens is 440 g/mol. The van der Waals surface area contributed by atoms with Gasteiger partial charge in [0.15, 0.2) is 0 Å². The third kappa shape index (κ3) is 5.28. The van der Waals surface area contributed by atoms with Crippen LogP contribution in [0.3, 0.4) is 0 Å². The number of amides is 1. The lowest BCUT2D eigenvalue weighted by Crippen LogP contribution is -2.36. The highest BCUT2D eigenvalue weighted by atomic mass is 16.5. The normalized spacial score (nSPS) is 13.8. The van der Waals surface area contributed by atoms with Gasteiger partial charge in [0.1, 0.15) is 5.82 Å². The minimum Gasteiger partial charge on any atom is -0.378 e. The number of benzene rings is 2. The summed E-state index contributed by atoms with van der Waals surface area (Å²) < 4.78 is 5.41. The molecule has 8 heteroatoms. The van der Waals surface area contributed by atoms with E-state index in [0.29, 0.717) is 5.95 Å². The summed E-state index contributed by atoms with van der Waals surface area (Å²) in [5.74, 6) is 1.26. The molecule has 0 spiro atoms. The Kier molecular flexibility index (Phi) is 6.63. The molecule has 0 atom stereocenters. The van der Waals surface area contributed by atoms with Crippen LogP contribution in [0.2, 0.25) is 0 Å². The summed E-state index contributed by atoms with van der Waals surface area (Å²) in [7, 11) is 0. The highest BCUT2D eigenvalue weighted by Crippen LogP contribution is 2.30. The van der Waals surface area contributed by atoms with Crippen LogP contribution in [0.1, 0.15) is 6.92 Å². The molecule has 3 heterocycles. The quantitative estimate of drug-likeness (QED) is 0.395. The molecule has 2 aromatic carbocycles. The second-order valence-electron chi connectivity index (χ2n) is 8.14. The predicted octanol–water partition coefficient (Wildman–Crippen LogP) is 4.79. The minimum absolute atomic E-state index is 0.162. The molecule has 0 radical (unpaired) electrons. The molecule has 0 saturated carbocycles. The minimum atomic E-state index is -0.162. The zero-order chi connectivity index (χ0) is 24.0. The Labute approximate surface area is 203 Å². The van der Waals surface area contributed by atoms with Crippen molar-refractivity contribution in [2.45, 2.75) is 6.92 Å². The number of hydrogen-bond donors (Lipinski definition) is 2. The smallest absolute Gasteiger partial charge is 0.248 e. The maximum Gasteiger partial charge on any atom is 0.248 e. The first-order valence-corrected chi connectivity index (χ1v) is 11.6. The summed E-state index contributed by atoms with van der Waals surface area (Å²) in [6.07, 6.45) is 6.81. The lowest BCUT2D eigenvalue weighted by Gasteiger charge is -2.27. The molecule has 0 aliphatic carbocycles. The molecule has 1 fully saturated rings. The van der Waals surface area contributed by atoms with Gasteiger partial charge in [-0.25, -0.2) is 15.0 Å². The molecule has 1 amide bonds. The number of carbonyl (C=O) groups is 1. The van der Waals surface area contributed by atoms with Gasteiger partial charge in [0, 0.05) is 35.9 Å². The van der Waals surface area contributed by atoms with Crippen molar-refractivity contribution in [1.82, 2.24) is 15.0 Å². The van der Waals surface area contributed by atoms with E-state index in [9.17, 15) is 4.79 Å². The Morgan fingerprint density at radius 3 is 2.66 bits per heavy atom. The number of carbonyl (C=O) groups excluding carboxylic acids is 1. The number of fused-ring (bicyclic) bond motifs is 1. The highest BCUT2D eigenvalue weighted by Gasteiger charge is 2.13. The van der Waals surface area contributed by atoms with Crippen LogP contribution in [-0.4, -0.2) is 47.2 Å². The summed E-state index contributed by atoms with van der Waals surface area (Å²) in [4.78, 5) is 28.0. The standard InChI is InChI=1S/C27H26N6O2/c1-2-5-25(34)30-21-8-3-6-19(16-21)23-9-4-7-20-17-29-27(32-26(20)23)31-22-10-11-24(28-18-22)33-12-14-35-15-13-33/h2-11,16-18H,12-15H2,1H3,(H,30,34)(H,29,31,32)/b5-2+. The SMILES string of the molecule is C/C=C/C(=O)Nc1cccc(-c2cccc3cnc(Nc4ccc(N5CCOCC5)nc4)nc23)c1. The van der Waals surface area contributed by atoms with Crippen LogP contribution in [-0.2, 0) is 9.53 Å². The molecule has 4 aromatic rings. The first-order chi connectivity index (χ1) is 17.2. The van der Waals surface area contributed by atoms with E-state index in [2.05, 4.69) is 25.5 Å². The number of morpholine rings is 1.